The van der Waals surface area contributed by atoms with E-state index in [1.165, 1.54) is 11.3 Å². The fraction of sp³-hybridized carbons (Fsp3) is 0.182. The lowest BCUT2D eigenvalue weighted by atomic mass is 10.2. The zero-order valence-corrected chi connectivity index (χ0v) is 9.47. The van der Waals surface area contributed by atoms with Crippen LogP contribution in [0, 0.1) is 13.8 Å². The zero-order chi connectivity index (χ0) is 10.8. The Balaban J connectivity index is 2.28. The summed E-state index contributed by atoms with van der Waals surface area (Å²) in [5.74, 6) is 0.671. The number of anilines is 1. The molecular formula is C11H12N2OS. The standard InChI is InChI=1S/C11H12N2OS/c1-7-4-3-5-9(10(7)12)14-11-13-8(2)6-15-11/h3-6H,12H2,1-2H3. The molecule has 78 valence electrons. The number of aryl methyl sites for hydroxylation is 2. The molecule has 0 bridgehead atoms. The Morgan fingerprint density at radius 1 is 1.33 bits per heavy atom. The highest BCUT2D eigenvalue weighted by Crippen LogP contribution is 2.31. The molecule has 0 aliphatic carbocycles. The average Bonchev–Trinajstić information content (AvgIpc) is 2.59. The summed E-state index contributed by atoms with van der Waals surface area (Å²) in [4.78, 5) is 4.22. The molecule has 4 heteroatoms. The Bertz CT molecular complexity index is 479. The molecule has 0 atom stereocenters. The first-order valence-corrected chi connectivity index (χ1v) is 5.50. The highest BCUT2D eigenvalue weighted by atomic mass is 32.1. The lowest BCUT2D eigenvalue weighted by molar-refractivity contribution is 0.480. The van der Waals surface area contributed by atoms with E-state index in [-0.39, 0.29) is 0 Å². The quantitative estimate of drug-likeness (QED) is 0.791. The van der Waals surface area contributed by atoms with Crippen molar-refractivity contribution in [3.8, 4) is 10.9 Å². The Morgan fingerprint density at radius 2 is 2.13 bits per heavy atom. The van der Waals surface area contributed by atoms with Crippen LogP contribution in [0.25, 0.3) is 0 Å². The van der Waals surface area contributed by atoms with Gasteiger partial charge < -0.3 is 10.5 Å². The molecule has 1 heterocycles. The van der Waals surface area contributed by atoms with Crippen molar-refractivity contribution in [1.82, 2.24) is 4.98 Å². The van der Waals surface area contributed by atoms with Gasteiger partial charge in [0.15, 0.2) is 5.75 Å². The van der Waals surface area contributed by atoms with Gasteiger partial charge in [-0.3, -0.25) is 0 Å². The normalized spacial score (nSPS) is 10.3. The average molecular weight is 220 g/mol. The Labute approximate surface area is 92.5 Å². The number of thiazole rings is 1. The van der Waals surface area contributed by atoms with Crippen molar-refractivity contribution in [2.45, 2.75) is 13.8 Å². The number of hydrogen-bond acceptors (Lipinski definition) is 4. The van der Waals surface area contributed by atoms with E-state index in [1.54, 1.807) is 0 Å². The maximum Gasteiger partial charge on any atom is 0.278 e. The number of para-hydroxylation sites is 1. The summed E-state index contributed by atoms with van der Waals surface area (Å²) < 4.78 is 5.59. The Morgan fingerprint density at radius 3 is 2.80 bits per heavy atom. The number of nitrogens with zero attached hydrogens (tertiary/aromatic N) is 1. The van der Waals surface area contributed by atoms with Crippen LogP contribution in [0.2, 0.25) is 0 Å². The summed E-state index contributed by atoms with van der Waals surface area (Å²) in [6.07, 6.45) is 0. The number of hydrogen-bond donors (Lipinski definition) is 1. The van der Waals surface area contributed by atoms with Gasteiger partial charge in [0, 0.05) is 5.38 Å². The highest BCUT2D eigenvalue weighted by molar-refractivity contribution is 7.11. The molecule has 0 radical (unpaired) electrons. The van der Waals surface area contributed by atoms with Gasteiger partial charge in [-0.05, 0) is 25.5 Å². The molecule has 15 heavy (non-hydrogen) atoms. The molecule has 1 aromatic heterocycles. The van der Waals surface area contributed by atoms with Crippen LogP contribution in [0.1, 0.15) is 11.3 Å². The Hall–Kier alpha value is -1.55. The van der Waals surface area contributed by atoms with Gasteiger partial charge >= 0.3 is 0 Å². The van der Waals surface area contributed by atoms with Crippen molar-refractivity contribution in [1.29, 1.82) is 0 Å². The second-order valence-corrected chi connectivity index (χ2v) is 4.16. The number of aromatic nitrogens is 1. The van der Waals surface area contributed by atoms with E-state index < -0.39 is 0 Å². The third-order valence-corrected chi connectivity index (χ3v) is 2.91. The van der Waals surface area contributed by atoms with Crippen LogP contribution in [0.3, 0.4) is 0 Å². The van der Waals surface area contributed by atoms with E-state index in [0.29, 0.717) is 16.6 Å². The zero-order valence-electron chi connectivity index (χ0n) is 8.65. The molecule has 3 nitrogen and oxygen atoms in total. The number of nitrogens with two attached hydrogens (primary N) is 1. The molecule has 0 fully saturated rings. The van der Waals surface area contributed by atoms with Crippen molar-refractivity contribution >= 4 is 17.0 Å². The second kappa shape index (κ2) is 3.90. The molecule has 0 saturated heterocycles. The predicted molar refractivity (Wildman–Crippen MR) is 62.5 cm³/mol. The van der Waals surface area contributed by atoms with E-state index in [0.717, 1.165) is 11.3 Å². The molecule has 0 unspecified atom stereocenters. The number of rotatable bonds is 2. The Kier molecular flexibility index (Phi) is 2.60. The third kappa shape index (κ3) is 2.10. The molecule has 1 aromatic carbocycles. The number of benzene rings is 1. The molecule has 0 saturated carbocycles. The van der Waals surface area contributed by atoms with Crippen LogP contribution in [-0.4, -0.2) is 4.98 Å². The minimum absolute atomic E-state index is 0.629. The molecule has 0 spiro atoms. The second-order valence-electron chi connectivity index (χ2n) is 3.34. The van der Waals surface area contributed by atoms with E-state index in [4.69, 9.17) is 10.5 Å². The monoisotopic (exact) mass is 220 g/mol. The van der Waals surface area contributed by atoms with Crippen molar-refractivity contribution in [3.05, 3.63) is 34.8 Å². The van der Waals surface area contributed by atoms with Crippen molar-refractivity contribution < 1.29 is 4.74 Å². The summed E-state index contributed by atoms with van der Waals surface area (Å²) >= 11 is 1.47. The van der Waals surface area contributed by atoms with Crippen molar-refractivity contribution in [2.24, 2.45) is 0 Å². The topological polar surface area (TPSA) is 48.1 Å². The van der Waals surface area contributed by atoms with E-state index in [2.05, 4.69) is 4.98 Å². The maximum absolute atomic E-state index is 5.89. The summed E-state index contributed by atoms with van der Waals surface area (Å²) in [7, 11) is 0. The first-order valence-electron chi connectivity index (χ1n) is 4.62. The molecular weight excluding hydrogens is 208 g/mol. The van der Waals surface area contributed by atoms with Gasteiger partial charge in [0.05, 0.1) is 11.4 Å². The molecule has 2 N–H and O–H groups in total. The highest BCUT2D eigenvalue weighted by Gasteiger charge is 2.06. The fourth-order valence-electron chi connectivity index (χ4n) is 1.22. The lowest BCUT2D eigenvalue weighted by Crippen LogP contribution is -1.94. The molecule has 0 aliphatic heterocycles. The van der Waals surface area contributed by atoms with Gasteiger partial charge in [-0.15, -0.1) is 0 Å². The summed E-state index contributed by atoms with van der Waals surface area (Å²) in [5.41, 5.74) is 8.53. The lowest BCUT2D eigenvalue weighted by Gasteiger charge is -2.06. The largest absolute Gasteiger partial charge is 0.429 e. The molecule has 0 amide bonds. The van der Waals surface area contributed by atoms with Gasteiger partial charge in [-0.1, -0.05) is 23.5 Å². The molecule has 2 aromatic rings. The summed E-state index contributed by atoms with van der Waals surface area (Å²) in [6, 6.07) is 5.72. The minimum atomic E-state index is 0.629. The van der Waals surface area contributed by atoms with Crippen LogP contribution in [0.5, 0.6) is 10.9 Å². The van der Waals surface area contributed by atoms with Crippen LogP contribution < -0.4 is 10.5 Å². The summed E-state index contributed by atoms with van der Waals surface area (Å²) in [6.45, 7) is 3.89. The van der Waals surface area contributed by atoms with Crippen LogP contribution in [0.4, 0.5) is 5.69 Å². The SMILES string of the molecule is Cc1csc(Oc2cccc(C)c2N)n1. The number of nitrogen functional groups attached to an aromatic ring is 1. The first-order chi connectivity index (χ1) is 7.16. The van der Waals surface area contributed by atoms with Gasteiger partial charge in [0.1, 0.15) is 0 Å². The molecule has 0 aliphatic rings. The van der Waals surface area contributed by atoms with Gasteiger partial charge in [-0.25, -0.2) is 4.98 Å². The van der Waals surface area contributed by atoms with E-state index in [9.17, 15) is 0 Å². The predicted octanol–water partition coefficient (Wildman–Crippen LogP) is 3.13. The van der Waals surface area contributed by atoms with Crippen molar-refractivity contribution in [3.63, 3.8) is 0 Å². The van der Waals surface area contributed by atoms with Gasteiger partial charge in [0.25, 0.3) is 5.19 Å². The summed E-state index contributed by atoms with van der Waals surface area (Å²) in [5, 5.41) is 2.58. The van der Waals surface area contributed by atoms with Gasteiger partial charge in [-0.2, -0.15) is 0 Å². The number of ether oxygens (including phenoxy) is 1. The smallest absolute Gasteiger partial charge is 0.278 e. The fourth-order valence-corrected chi connectivity index (χ4v) is 1.87. The van der Waals surface area contributed by atoms with Crippen LogP contribution in [-0.2, 0) is 0 Å². The molecule has 2 rings (SSSR count). The third-order valence-electron chi connectivity index (χ3n) is 2.08. The van der Waals surface area contributed by atoms with E-state index >= 15 is 0 Å². The maximum atomic E-state index is 5.89. The van der Waals surface area contributed by atoms with Crippen LogP contribution >= 0.6 is 11.3 Å². The first kappa shape index (κ1) is 9.98. The minimum Gasteiger partial charge on any atom is -0.429 e. The van der Waals surface area contributed by atoms with Gasteiger partial charge in [0.2, 0.25) is 0 Å². The van der Waals surface area contributed by atoms with Crippen LogP contribution in [0.15, 0.2) is 23.6 Å². The van der Waals surface area contributed by atoms with E-state index in [1.807, 2.05) is 37.4 Å². The van der Waals surface area contributed by atoms with Crippen molar-refractivity contribution in [2.75, 3.05) is 5.73 Å².